The molecule has 0 bridgehead atoms. The van der Waals surface area contributed by atoms with Crippen LogP contribution < -0.4 is 5.32 Å². The van der Waals surface area contributed by atoms with Crippen LogP contribution in [-0.4, -0.2) is 54.0 Å². The molecule has 0 radical (unpaired) electrons. The first-order chi connectivity index (χ1) is 18.2. The van der Waals surface area contributed by atoms with Crippen molar-refractivity contribution in [3.8, 4) is 0 Å². The number of nitrogens with one attached hydrogen (secondary N) is 1. The van der Waals surface area contributed by atoms with Gasteiger partial charge in [0.05, 0.1) is 5.56 Å². The molecule has 0 spiro atoms. The molecule has 0 unspecified atom stereocenters. The van der Waals surface area contributed by atoms with Gasteiger partial charge in [0.15, 0.2) is 0 Å². The molecule has 38 heavy (non-hydrogen) atoms. The Hall–Kier alpha value is -3.98. The number of rotatable bonds is 10. The third-order valence-electron chi connectivity index (χ3n) is 6.66. The molecule has 0 saturated carbocycles. The van der Waals surface area contributed by atoms with Crippen molar-refractivity contribution in [2.24, 2.45) is 0 Å². The summed E-state index contributed by atoms with van der Waals surface area (Å²) in [6.45, 7) is 3.20. The largest absolute Gasteiger partial charge is 0.352 e. The number of sulfonamides is 1. The van der Waals surface area contributed by atoms with E-state index in [9.17, 15) is 22.8 Å². The van der Waals surface area contributed by atoms with Gasteiger partial charge < -0.3 is 10.2 Å². The molecule has 198 valence electrons. The molecule has 4 rings (SSSR count). The molecule has 3 aromatic carbocycles. The van der Waals surface area contributed by atoms with E-state index in [-0.39, 0.29) is 35.4 Å². The van der Waals surface area contributed by atoms with Gasteiger partial charge >= 0.3 is 0 Å². The second-order valence-corrected chi connectivity index (χ2v) is 11.2. The molecular formula is C29H31N3O5S. The SMILES string of the molecule is CC[C@H](C)NC(=O)[C@@H](Cc1ccccc1)N(Cc1ccccc1)C(=O)CN1C(=O)c2ccccc2S1(=O)=O. The minimum atomic E-state index is -4.19. The Labute approximate surface area is 223 Å². The van der Waals surface area contributed by atoms with Crippen molar-refractivity contribution in [3.05, 3.63) is 102 Å². The predicted octanol–water partition coefficient (Wildman–Crippen LogP) is 3.39. The predicted molar refractivity (Wildman–Crippen MR) is 143 cm³/mol. The van der Waals surface area contributed by atoms with Crippen LogP contribution in [0.2, 0.25) is 0 Å². The lowest BCUT2D eigenvalue weighted by molar-refractivity contribution is -0.141. The molecule has 1 N–H and O–H groups in total. The molecule has 1 heterocycles. The molecule has 0 fully saturated rings. The zero-order valence-corrected chi connectivity index (χ0v) is 22.2. The summed E-state index contributed by atoms with van der Waals surface area (Å²) in [5.74, 6) is -1.73. The number of nitrogens with zero attached hydrogens (tertiary/aromatic N) is 2. The highest BCUT2D eigenvalue weighted by Crippen LogP contribution is 2.30. The van der Waals surface area contributed by atoms with Gasteiger partial charge in [-0.1, -0.05) is 79.7 Å². The standard InChI is InChI=1S/C29H31N3O5S/c1-3-21(2)30-28(34)25(18-22-12-6-4-7-13-22)31(19-23-14-8-5-9-15-23)27(33)20-32-29(35)24-16-10-11-17-26(24)38(32,36)37/h4-17,21,25H,3,18-20H2,1-2H3,(H,30,34)/t21-,25+/m0/s1. The fourth-order valence-electron chi connectivity index (χ4n) is 4.38. The third-order valence-corrected chi connectivity index (χ3v) is 8.45. The maximum atomic E-state index is 13.9. The molecule has 0 aliphatic carbocycles. The van der Waals surface area contributed by atoms with Crippen LogP contribution in [0.15, 0.2) is 89.8 Å². The van der Waals surface area contributed by atoms with E-state index in [1.54, 1.807) is 6.07 Å². The normalized spacial score (nSPS) is 15.4. The first-order valence-electron chi connectivity index (χ1n) is 12.6. The third kappa shape index (κ3) is 5.78. The van der Waals surface area contributed by atoms with E-state index < -0.39 is 34.4 Å². The molecule has 0 saturated heterocycles. The van der Waals surface area contributed by atoms with E-state index in [4.69, 9.17) is 0 Å². The smallest absolute Gasteiger partial charge is 0.269 e. The van der Waals surface area contributed by atoms with Crippen molar-refractivity contribution in [3.63, 3.8) is 0 Å². The molecule has 9 heteroatoms. The van der Waals surface area contributed by atoms with E-state index >= 15 is 0 Å². The van der Waals surface area contributed by atoms with Gasteiger partial charge in [-0.05, 0) is 36.6 Å². The van der Waals surface area contributed by atoms with Crippen LogP contribution in [0.25, 0.3) is 0 Å². The summed E-state index contributed by atoms with van der Waals surface area (Å²) in [6, 6.07) is 23.3. The number of fused-ring (bicyclic) bond motifs is 1. The summed E-state index contributed by atoms with van der Waals surface area (Å²) in [5, 5.41) is 2.97. The van der Waals surface area contributed by atoms with Crippen molar-refractivity contribution < 1.29 is 22.8 Å². The maximum Gasteiger partial charge on any atom is 0.269 e. The monoisotopic (exact) mass is 533 g/mol. The molecular weight excluding hydrogens is 502 g/mol. The van der Waals surface area contributed by atoms with Gasteiger partial charge in [-0.15, -0.1) is 0 Å². The Balaban J connectivity index is 1.70. The van der Waals surface area contributed by atoms with Gasteiger partial charge in [-0.25, -0.2) is 12.7 Å². The average Bonchev–Trinajstić information content (AvgIpc) is 3.12. The van der Waals surface area contributed by atoms with Gasteiger partial charge in [-0.3, -0.25) is 14.4 Å². The number of hydrogen-bond acceptors (Lipinski definition) is 5. The highest BCUT2D eigenvalue weighted by Gasteiger charge is 2.43. The Morgan fingerprint density at radius 1 is 0.895 bits per heavy atom. The molecule has 3 aromatic rings. The first kappa shape index (κ1) is 27.1. The second-order valence-electron chi connectivity index (χ2n) is 9.34. The highest BCUT2D eigenvalue weighted by molar-refractivity contribution is 7.90. The van der Waals surface area contributed by atoms with Crippen LogP contribution in [0, 0.1) is 0 Å². The summed E-state index contributed by atoms with van der Waals surface area (Å²) in [5.41, 5.74) is 1.65. The topological polar surface area (TPSA) is 104 Å². The lowest BCUT2D eigenvalue weighted by Crippen LogP contribution is -2.54. The summed E-state index contributed by atoms with van der Waals surface area (Å²) in [4.78, 5) is 41.7. The van der Waals surface area contributed by atoms with Crippen LogP contribution >= 0.6 is 0 Å². The van der Waals surface area contributed by atoms with E-state index in [0.29, 0.717) is 10.7 Å². The molecule has 0 aromatic heterocycles. The van der Waals surface area contributed by atoms with Gasteiger partial charge in [-0.2, -0.15) is 0 Å². The minimum Gasteiger partial charge on any atom is -0.352 e. The summed E-state index contributed by atoms with van der Waals surface area (Å²) >= 11 is 0. The zero-order valence-electron chi connectivity index (χ0n) is 21.4. The Kier molecular flexibility index (Phi) is 8.26. The van der Waals surface area contributed by atoms with Crippen LogP contribution in [-0.2, 0) is 32.6 Å². The van der Waals surface area contributed by atoms with Crippen LogP contribution in [0.3, 0.4) is 0 Å². The maximum absolute atomic E-state index is 13.9. The second kappa shape index (κ2) is 11.6. The molecule has 1 aliphatic heterocycles. The lowest BCUT2D eigenvalue weighted by atomic mass is 10.0. The Morgan fingerprint density at radius 2 is 1.47 bits per heavy atom. The van der Waals surface area contributed by atoms with Crippen LogP contribution in [0.4, 0.5) is 0 Å². The van der Waals surface area contributed by atoms with Crippen molar-refractivity contribution in [2.75, 3.05) is 6.54 Å². The number of hydrogen-bond donors (Lipinski definition) is 1. The number of amides is 3. The summed E-state index contributed by atoms with van der Waals surface area (Å²) in [6.07, 6.45) is 0.928. The first-order valence-corrected chi connectivity index (χ1v) is 14.0. The van der Waals surface area contributed by atoms with E-state index in [1.165, 1.54) is 23.1 Å². The zero-order chi connectivity index (χ0) is 27.3. The number of carbonyl (C=O) groups is 3. The quantitative estimate of drug-likeness (QED) is 0.430. The van der Waals surface area contributed by atoms with Gasteiger partial charge in [0.25, 0.3) is 15.9 Å². The Morgan fingerprint density at radius 3 is 2.08 bits per heavy atom. The van der Waals surface area contributed by atoms with Crippen molar-refractivity contribution in [2.45, 2.75) is 50.2 Å². The summed E-state index contributed by atoms with van der Waals surface area (Å²) < 4.78 is 26.9. The number of benzene rings is 3. The molecule has 3 amide bonds. The fourth-order valence-corrected chi connectivity index (χ4v) is 5.89. The molecule has 8 nitrogen and oxygen atoms in total. The van der Waals surface area contributed by atoms with E-state index in [0.717, 1.165) is 11.1 Å². The van der Waals surface area contributed by atoms with E-state index in [2.05, 4.69) is 5.32 Å². The average molecular weight is 534 g/mol. The van der Waals surface area contributed by atoms with E-state index in [1.807, 2.05) is 74.5 Å². The van der Waals surface area contributed by atoms with Crippen molar-refractivity contribution in [1.29, 1.82) is 0 Å². The minimum absolute atomic E-state index is 0.0326. The highest BCUT2D eigenvalue weighted by atomic mass is 32.2. The fraction of sp³-hybridized carbons (Fsp3) is 0.276. The molecule has 1 aliphatic rings. The number of carbonyl (C=O) groups excluding carboxylic acids is 3. The van der Waals surface area contributed by atoms with Crippen LogP contribution in [0.5, 0.6) is 0 Å². The van der Waals surface area contributed by atoms with Gasteiger partial charge in [0, 0.05) is 19.0 Å². The van der Waals surface area contributed by atoms with Gasteiger partial charge in [0.2, 0.25) is 11.8 Å². The van der Waals surface area contributed by atoms with Crippen molar-refractivity contribution >= 4 is 27.7 Å². The van der Waals surface area contributed by atoms with Crippen molar-refractivity contribution in [1.82, 2.24) is 14.5 Å². The summed E-state index contributed by atoms with van der Waals surface area (Å²) in [7, 11) is -4.19. The molecule has 2 atom stereocenters. The van der Waals surface area contributed by atoms with Gasteiger partial charge in [0.1, 0.15) is 17.5 Å². The Bertz CT molecular complexity index is 1410. The van der Waals surface area contributed by atoms with Crippen LogP contribution in [0.1, 0.15) is 41.8 Å². The lowest BCUT2D eigenvalue weighted by Gasteiger charge is -2.33.